The second-order valence-corrected chi connectivity index (χ2v) is 10.1. The van der Waals surface area contributed by atoms with Gasteiger partial charge in [-0.05, 0) is 37.6 Å². The smallest absolute Gasteiger partial charge is 0.334 e. The van der Waals surface area contributed by atoms with Crippen LogP contribution in [0.15, 0.2) is 55.0 Å². The maximum atomic E-state index is 15.5. The fraction of sp³-hybridized carbons (Fsp3) is 0.296. The number of nitrogens with zero attached hydrogens (tertiary/aromatic N) is 8. The molecule has 1 saturated heterocycles. The summed E-state index contributed by atoms with van der Waals surface area (Å²) in [7, 11) is 0. The number of aromatic nitrogens is 8. The zero-order valence-corrected chi connectivity index (χ0v) is 21.6. The molecule has 7 rings (SSSR count). The van der Waals surface area contributed by atoms with Gasteiger partial charge in [-0.3, -0.25) is 4.57 Å². The van der Waals surface area contributed by atoms with E-state index in [9.17, 15) is 4.39 Å². The van der Waals surface area contributed by atoms with Gasteiger partial charge in [0.2, 0.25) is 11.8 Å². The van der Waals surface area contributed by atoms with E-state index in [-0.39, 0.29) is 11.9 Å². The third kappa shape index (κ3) is 3.79. The lowest BCUT2D eigenvalue weighted by atomic mass is 10.1. The SMILES string of the molecule is Cc1cnc(Nc2ccnn2C2COC2)nc1-c1cc2n(c1)C[C@H](C)n1c-2nnc1C(F)(F)c1ccccc1F. The summed E-state index contributed by atoms with van der Waals surface area (Å²) in [6.07, 6.45) is 5.36. The van der Waals surface area contributed by atoms with E-state index in [2.05, 4.69) is 25.6 Å². The Balaban J connectivity index is 1.24. The summed E-state index contributed by atoms with van der Waals surface area (Å²) in [6, 6.07) is 8.30. The van der Waals surface area contributed by atoms with Gasteiger partial charge in [-0.25, -0.2) is 19.0 Å². The normalized spacial score (nSPS) is 16.9. The molecule has 0 aliphatic carbocycles. The quantitative estimate of drug-likeness (QED) is 0.324. The lowest BCUT2D eigenvalue weighted by molar-refractivity contribution is -0.0276. The van der Waals surface area contributed by atoms with Crippen molar-refractivity contribution in [2.24, 2.45) is 0 Å². The number of benzene rings is 1. The molecule has 40 heavy (non-hydrogen) atoms. The monoisotopic (exact) mass is 547 g/mol. The molecule has 1 fully saturated rings. The van der Waals surface area contributed by atoms with E-state index in [4.69, 9.17) is 9.72 Å². The number of nitrogens with one attached hydrogen (secondary N) is 1. The summed E-state index contributed by atoms with van der Waals surface area (Å²) in [5.41, 5.74) is 2.20. The number of fused-ring (bicyclic) bond motifs is 3. The van der Waals surface area contributed by atoms with Crippen LogP contribution in [0.5, 0.6) is 0 Å². The average molecular weight is 548 g/mol. The molecule has 10 nitrogen and oxygen atoms in total. The van der Waals surface area contributed by atoms with E-state index in [0.717, 1.165) is 29.1 Å². The Labute approximate surface area is 226 Å². The highest BCUT2D eigenvalue weighted by Crippen LogP contribution is 2.42. The molecule has 1 atom stereocenters. The minimum atomic E-state index is -3.66. The Morgan fingerprint density at radius 2 is 1.95 bits per heavy atom. The largest absolute Gasteiger partial charge is 0.377 e. The fourth-order valence-electron chi connectivity index (χ4n) is 5.26. The minimum Gasteiger partial charge on any atom is -0.377 e. The van der Waals surface area contributed by atoms with Gasteiger partial charge in [0.1, 0.15) is 17.7 Å². The van der Waals surface area contributed by atoms with Crippen molar-refractivity contribution in [2.45, 2.75) is 38.4 Å². The van der Waals surface area contributed by atoms with E-state index >= 15 is 8.78 Å². The number of anilines is 2. The van der Waals surface area contributed by atoms with Gasteiger partial charge >= 0.3 is 5.92 Å². The van der Waals surface area contributed by atoms with E-state index < -0.39 is 29.2 Å². The molecule has 2 aliphatic heterocycles. The van der Waals surface area contributed by atoms with Gasteiger partial charge in [0.05, 0.1) is 42.4 Å². The second kappa shape index (κ2) is 9.01. The van der Waals surface area contributed by atoms with Gasteiger partial charge < -0.3 is 14.6 Å². The molecule has 0 saturated carbocycles. The lowest BCUT2D eigenvalue weighted by Crippen LogP contribution is -2.32. The fourth-order valence-corrected chi connectivity index (χ4v) is 5.26. The highest BCUT2D eigenvalue weighted by Gasteiger charge is 2.44. The highest BCUT2D eigenvalue weighted by molar-refractivity contribution is 5.71. The number of hydrogen-bond acceptors (Lipinski definition) is 7. The van der Waals surface area contributed by atoms with E-state index in [1.54, 1.807) is 12.4 Å². The molecule has 0 spiro atoms. The summed E-state index contributed by atoms with van der Waals surface area (Å²) in [4.78, 5) is 9.20. The van der Waals surface area contributed by atoms with Crippen LogP contribution in [0.25, 0.3) is 22.8 Å². The maximum Gasteiger partial charge on any atom is 0.334 e. The standard InChI is InChI=1S/C27H24F3N9O/c1-15-10-31-26(33-22-7-8-32-39(22)18-13-40-14-18)34-23(15)17-9-21-24-35-36-25(38(24)16(2)11-37(21)12-17)27(29,30)19-5-3-4-6-20(19)28/h3-10,12,16,18H,11,13-14H2,1-2H3,(H,31,33,34)/t16-/m0/s1. The van der Waals surface area contributed by atoms with E-state index in [0.29, 0.717) is 37.1 Å². The van der Waals surface area contributed by atoms with Crippen molar-refractivity contribution in [3.8, 4) is 22.8 Å². The zero-order chi connectivity index (χ0) is 27.6. The Hall–Kier alpha value is -4.52. The van der Waals surface area contributed by atoms with Crippen LogP contribution in [-0.4, -0.2) is 52.3 Å². The summed E-state index contributed by atoms with van der Waals surface area (Å²) in [6.45, 7) is 5.32. The van der Waals surface area contributed by atoms with Gasteiger partial charge in [0.25, 0.3) is 0 Å². The van der Waals surface area contributed by atoms with Crippen molar-refractivity contribution in [1.29, 1.82) is 0 Å². The van der Waals surface area contributed by atoms with Crippen LogP contribution >= 0.6 is 0 Å². The van der Waals surface area contributed by atoms with Crippen molar-refractivity contribution in [3.05, 3.63) is 77.8 Å². The van der Waals surface area contributed by atoms with Gasteiger partial charge in [0.15, 0.2) is 5.82 Å². The number of aryl methyl sites for hydroxylation is 1. The average Bonchev–Trinajstić information content (AvgIpc) is 3.63. The Morgan fingerprint density at radius 3 is 2.73 bits per heavy atom. The molecule has 0 radical (unpaired) electrons. The van der Waals surface area contributed by atoms with Gasteiger partial charge in [-0.15, -0.1) is 10.2 Å². The lowest BCUT2D eigenvalue weighted by Gasteiger charge is -2.27. The predicted octanol–water partition coefficient (Wildman–Crippen LogP) is 4.88. The number of ether oxygens (including phenoxy) is 1. The van der Waals surface area contributed by atoms with Gasteiger partial charge in [-0.2, -0.15) is 13.9 Å². The van der Waals surface area contributed by atoms with Crippen molar-refractivity contribution in [2.75, 3.05) is 18.5 Å². The molecule has 13 heteroatoms. The molecule has 4 aromatic heterocycles. The van der Waals surface area contributed by atoms with Crippen LogP contribution in [-0.2, 0) is 17.2 Å². The molecule has 204 valence electrons. The summed E-state index contributed by atoms with van der Waals surface area (Å²) in [5, 5.41) is 15.6. The van der Waals surface area contributed by atoms with Gasteiger partial charge in [-0.1, -0.05) is 12.1 Å². The second-order valence-electron chi connectivity index (χ2n) is 10.1. The molecule has 0 unspecified atom stereocenters. The first-order valence-electron chi connectivity index (χ1n) is 12.8. The van der Waals surface area contributed by atoms with E-state index in [1.807, 2.05) is 41.4 Å². The van der Waals surface area contributed by atoms with Crippen molar-refractivity contribution < 1.29 is 17.9 Å². The molecular formula is C27H24F3N9O. The van der Waals surface area contributed by atoms with Crippen LogP contribution in [0.3, 0.4) is 0 Å². The number of hydrogen-bond donors (Lipinski definition) is 1. The first-order valence-corrected chi connectivity index (χ1v) is 12.8. The zero-order valence-electron chi connectivity index (χ0n) is 21.6. The number of alkyl halides is 2. The van der Waals surface area contributed by atoms with Crippen LogP contribution in [0.1, 0.15) is 36.0 Å². The Kier molecular flexibility index (Phi) is 5.52. The third-order valence-electron chi connectivity index (χ3n) is 7.34. The van der Waals surface area contributed by atoms with Crippen molar-refractivity contribution >= 4 is 11.8 Å². The Bertz CT molecular complexity index is 1740. The van der Waals surface area contributed by atoms with Crippen molar-refractivity contribution in [1.82, 2.24) is 39.1 Å². The number of halogens is 3. The first kappa shape index (κ1) is 24.5. The summed E-state index contributed by atoms with van der Waals surface area (Å²) >= 11 is 0. The third-order valence-corrected chi connectivity index (χ3v) is 7.34. The van der Waals surface area contributed by atoms with Crippen LogP contribution in [0, 0.1) is 12.7 Å². The molecule has 1 aromatic carbocycles. The Morgan fingerprint density at radius 1 is 1.12 bits per heavy atom. The van der Waals surface area contributed by atoms with Crippen LogP contribution in [0.2, 0.25) is 0 Å². The maximum absolute atomic E-state index is 15.5. The molecular weight excluding hydrogens is 523 g/mol. The molecule has 0 bridgehead atoms. The molecule has 6 heterocycles. The predicted molar refractivity (Wildman–Crippen MR) is 139 cm³/mol. The highest BCUT2D eigenvalue weighted by atomic mass is 19.3. The minimum absolute atomic E-state index is 0.163. The molecule has 2 aliphatic rings. The number of rotatable bonds is 6. The van der Waals surface area contributed by atoms with Crippen LogP contribution in [0.4, 0.5) is 24.9 Å². The summed E-state index contributed by atoms with van der Waals surface area (Å²) < 4.78 is 55.9. The molecule has 1 N–H and O–H groups in total. The summed E-state index contributed by atoms with van der Waals surface area (Å²) in [5.74, 6) is -3.81. The van der Waals surface area contributed by atoms with E-state index in [1.165, 1.54) is 16.7 Å². The molecule has 5 aromatic rings. The molecule has 0 amide bonds. The van der Waals surface area contributed by atoms with Crippen LogP contribution < -0.4 is 5.32 Å². The topological polar surface area (TPSA) is 100 Å². The first-order chi connectivity index (χ1) is 19.3. The van der Waals surface area contributed by atoms with Crippen molar-refractivity contribution in [3.63, 3.8) is 0 Å². The van der Waals surface area contributed by atoms with Gasteiger partial charge in [0, 0.05) is 30.6 Å².